The summed E-state index contributed by atoms with van der Waals surface area (Å²) in [5.74, 6) is 2.75. The van der Waals surface area contributed by atoms with Crippen LogP contribution in [0.15, 0.2) is 4.52 Å². The number of nitrogens with zero attached hydrogens (tertiary/aromatic N) is 2. The molecule has 3 rings (SSSR count). The van der Waals surface area contributed by atoms with Crippen LogP contribution in [0.4, 0.5) is 0 Å². The van der Waals surface area contributed by atoms with E-state index in [-0.39, 0.29) is 6.04 Å². The molecule has 4 nitrogen and oxygen atoms in total. The molecular weight excluding hydrogens is 266 g/mol. The van der Waals surface area contributed by atoms with Crippen LogP contribution >= 0.6 is 23.5 Å². The molecule has 18 heavy (non-hydrogen) atoms. The monoisotopic (exact) mass is 285 g/mol. The second-order valence-corrected chi connectivity index (χ2v) is 8.00. The maximum atomic E-state index is 5.42. The van der Waals surface area contributed by atoms with Gasteiger partial charge in [0, 0.05) is 16.3 Å². The quantitative estimate of drug-likeness (QED) is 0.902. The van der Waals surface area contributed by atoms with Gasteiger partial charge in [0.05, 0.1) is 11.3 Å². The Bertz CT molecular complexity index is 406. The topological polar surface area (TPSA) is 51.0 Å². The van der Waals surface area contributed by atoms with Crippen LogP contribution in [-0.2, 0) is 0 Å². The lowest BCUT2D eigenvalue weighted by Gasteiger charge is -2.29. The molecule has 0 radical (unpaired) electrons. The molecule has 0 saturated carbocycles. The third-order valence-corrected chi connectivity index (χ3v) is 7.04. The lowest BCUT2D eigenvalue weighted by Crippen LogP contribution is -2.22. The number of rotatable bonds is 2. The maximum Gasteiger partial charge on any atom is 0.243 e. The normalized spacial score (nSPS) is 37.0. The van der Waals surface area contributed by atoms with Crippen molar-refractivity contribution in [1.82, 2.24) is 15.5 Å². The van der Waals surface area contributed by atoms with E-state index in [2.05, 4.69) is 29.3 Å². The summed E-state index contributed by atoms with van der Waals surface area (Å²) < 4.78 is 5.42. The van der Waals surface area contributed by atoms with Gasteiger partial charge in [-0.3, -0.25) is 0 Å². The van der Waals surface area contributed by atoms with E-state index in [0.717, 1.165) is 30.4 Å². The zero-order valence-electron chi connectivity index (χ0n) is 10.8. The number of nitrogens with one attached hydrogen (secondary N) is 1. The second-order valence-electron chi connectivity index (χ2n) is 5.01. The van der Waals surface area contributed by atoms with Crippen molar-refractivity contribution in [3.8, 4) is 0 Å². The standard InChI is InChI=1S/C12H19N3OS2/c1-7-8(2)18-10(6-17-7)11-14-12(16-15-11)9-4-3-5-13-9/h7-10,13H,3-6H2,1-2H3/t7?,8?,9-,10?/m1/s1. The fraction of sp³-hybridized carbons (Fsp3) is 0.833. The van der Waals surface area contributed by atoms with Crippen LogP contribution in [0.25, 0.3) is 0 Å². The average Bonchev–Trinajstić information content (AvgIpc) is 3.01. The largest absolute Gasteiger partial charge is 0.338 e. The van der Waals surface area contributed by atoms with E-state index in [1.54, 1.807) is 0 Å². The molecular formula is C12H19N3OS2. The molecule has 0 spiro atoms. The summed E-state index contributed by atoms with van der Waals surface area (Å²) >= 11 is 3.99. The van der Waals surface area contributed by atoms with Gasteiger partial charge in [-0.1, -0.05) is 19.0 Å². The number of hydrogen-bond donors (Lipinski definition) is 1. The van der Waals surface area contributed by atoms with Gasteiger partial charge in [0.2, 0.25) is 5.89 Å². The zero-order chi connectivity index (χ0) is 12.5. The molecule has 2 saturated heterocycles. The smallest absolute Gasteiger partial charge is 0.243 e. The molecule has 3 heterocycles. The predicted octanol–water partition coefficient (Wildman–Crippen LogP) is 2.79. The summed E-state index contributed by atoms with van der Waals surface area (Å²) in [7, 11) is 0. The minimum absolute atomic E-state index is 0.281. The van der Waals surface area contributed by atoms with Crippen molar-refractivity contribution in [2.75, 3.05) is 12.3 Å². The molecule has 1 aromatic rings. The van der Waals surface area contributed by atoms with Gasteiger partial charge in [0.1, 0.15) is 0 Å². The molecule has 0 bridgehead atoms. The highest BCUT2D eigenvalue weighted by Gasteiger charge is 2.31. The SMILES string of the molecule is CC1SCC(c2noc([C@H]3CCCN3)n2)SC1C. The Morgan fingerprint density at radius 1 is 1.33 bits per heavy atom. The highest BCUT2D eigenvalue weighted by molar-refractivity contribution is 8.07. The first-order chi connectivity index (χ1) is 8.74. The molecule has 0 amide bonds. The fourth-order valence-electron chi connectivity index (χ4n) is 2.33. The summed E-state index contributed by atoms with van der Waals surface area (Å²) in [5.41, 5.74) is 0. The molecule has 0 aliphatic carbocycles. The molecule has 6 heteroatoms. The predicted molar refractivity (Wildman–Crippen MR) is 76.0 cm³/mol. The van der Waals surface area contributed by atoms with Crippen LogP contribution in [0.2, 0.25) is 0 Å². The third kappa shape index (κ3) is 2.56. The number of aromatic nitrogens is 2. The first-order valence-corrected chi connectivity index (χ1v) is 8.57. The van der Waals surface area contributed by atoms with Crippen LogP contribution in [0, 0.1) is 0 Å². The van der Waals surface area contributed by atoms with Crippen molar-refractivity contribution >= 4 is 23.5 Å². The molecule has 4 atom stereocenters. The van der Waals surface area contributed by atoms with Crippen molar-refractivity contribution in [1.29, 1.82) is 0 Å². The third-order valence-electron chi connectivity index (χ3n) is 3.65. The van der Waals surface area contributed by atoms with Crippen LogP contribution in [0.5, 0.6) is 0 Å². The van der Waals surface area contributed by atoms with E-state index >= 15 is 0 Å². The van der Waals surface area contributed by atoms with Crippen LogP contribution in [0.1, 0.15) is 49.7 Å². The lowest BCUT2D eigenvalue weighted by atomic mass is 10.2. The van der Waals surface area contributed by atoms with Gasteiger partial charge in [-0.05, 0) is 19.4 Å². The van der Waals surface area contributed by atoms with E-state index in [4.69, 9.17) is 4.52 Å². The summed E-state index contributed by atoms with van der Waals surface area (Å²) in [6.07, 6.45) is 2.31. The minimum atomic E-state index is 0.281. The van der Waals surface area contributed by atoms with Crippen molar-refractivity contribution in [2.24, 2.45) is 0 Å². The first-order valence-electron chi connectivity index (χ1n) is 6.58. The zero-order valence-corrected chi connectivity index (χ0v) is 12.4. The Kier molecular flexibility index (Phi) is 3.86. The van der Waals surface area contributed by atoms with Gasteiger partial charge in [0.15, 0.2) is 5.82 Å². The molecule has 1 N–H and O–H groups in total. The maximum absolute atomic E-state index is 5.42. The highest BCUT2D eigenvalue weighted by Crippen LogP contribution is 2.43. The van der Waals surface area contributed by atoms with Crippen molar-refractivity contribution in [3.63, 3.8) is 0 Å². The summed E-state index contributed by atoms with van der Waals surface area (Å²) in [6, 6.07) is 0.281. The van der Waals surface area contributed by atoms with Crippen molar-refractivity contribution in [2.45, 2.75) is 48.5 Å². The van der Waals surface area contributed by atoms with Crippen LogP contribution in [-0.4, -0.2) is 32.9 Å². The summed E-state index contributed by atoms with van der Waals surface area (Å²) in [4.78, 5) is 4.60. The van der Waals surface area contributed by atoms with E-state index < -0.39 is 0 Å². The molecule has 2 fully saturated rings. The van der Waals surface area contributed by atoms with Crippen molar-refractivity contribution in [3.05, 3.63) is 11.7 Å². The van der Waals surface area contributed by atoms with Gasteiger partial charge < -0.3 is 9.84 Å². The summed E-state index contributed by atoms with van der Waals surface area (Å²) in [6.45, 7) is 5.64. The first kappa shape index (κ1) is 12.8. The van der Waals surface area contributed by atoms with Gasteiger partial charge in [0.25, 0.3) is 0 Å². The molecule has 3 unspecified atom stereocenters. The Labute approximate surface area is 116 Å². The van der Waals surface area contributed by atoms with Gasteiger partial charge in [-0.2, -0.15) is 16.7 Å². The molecule has 2 aliphatic heterocycles. The Balaban J connectivity index is 1.69. The van der Waals surface area contributed by atoms with Crippen LogP contribution < -0.4 is 5.32 Å². The Morgan fingerprint density at radius 2 is 2.22 bits per heavy atom. The number of thioether (sulfide) groups is 2. The number of hydrogen-bond acceptors (Lipinski definition) is 6. The van der Waals surface area contributed by atoms with Crippen molar-refractivity contribution < 1.29 is 4.52 Å². The van der Waals surface area contributed by atoms with E-state index in [1.165, 1.54) is 6.42 Å². The molecule has 100 valence electrons. The highest BCUT2D eigenvalue weighted by atomic mass is 32.2. The molecule has 2 aliphatic rings. The van der Waals surface area contributed by atoms with Gasteiger partial charge in [-0.15, -0.1) is 11.8 Å². The van der Waals surface area contributed by atoms with Crippen LogP contribution in [0.3, 0.4) is 0 Å². The lowest BCUT2D eigenvalue weighted by molar-refractivity contribution is 0.341. The van der Waals surface area contributed by atoms with E-state index in [9.17, 15) is 0 Å². The molecule has 1 aromatic heterocycles. The molecule has 0 aromatic carbocycles. The fourth-order valence-corrected chi connectivity index (χ4v) is 5.17. The Morgan fingerprint density at radius 3 is 2.94 bits per heavy atom. The minimum Gasteiger partial charge on any atom is -0.338 e. The average molecular weight is 285 g/mol. The van der Waals surface area contributed by atoms with E-state index in [0.29, 0.717) is 15.7 Å². The van der Waals surface area contributed by atoms with E-state index in [1.807, 2.05) is 23.5 Å². The Hall–Kier alpha value is -0.200. The second kappa shape index (κ2) is 5.43. The summed E-state index contributed by atoms with van der Waals surface area (Å²) in [5, 5.41) is 9.34. The van der Waals surface area contributed by atoms with Gasteiger partial charge >= 0.3 is 0 Å². The van der Waals surface area contributed by atoms with Gasteiger partial charge in [-0.25, -0.2) is 0 Å².